The molecule has 38 heavy (non-hydrogen) atoms. The first-order chi connectivity index (χ1) is 18.6. The molecule has 190 valence electrons. The Morgan fingerprint density at radius 3 is 1.50 bits per heavy atom. The maximum absolute atomic E-state index is 5.28. The van der Waals surface area contributed by atoms with Crippen LogP contribution < -0.4 is 20.1 Å². The number of ether oxygens (including phenoxy) is 2. The van der Waals surface area contributed by atoms with Crippen LogP contribution in [-0.4, -0.2) is 43.4 Å². The lowest BCUT2D eigenvalue weighted by molar-refractivity contribution is 0.395. The van der Waals surface area contributed by atoms with Crippen LogP contribution in [0.4, 0.5) is 23.0 Å². The van der Waals surface area contributed by atoms with E-state index in [1.807, 2.05) is 12.1 Å². The van der Waals surface area contributed by atoms with Gasteiger partial charge in [0.05, 0.1) is 14.2 Å². The van der Waals surface area contributed by atoms with Crippen molar-refractivity contribution in [1.29, 1.82) is 0 Å². The highest BCUT2D eigenvalue weighted by molar-refractivity contribution is 5.81. The molecule has 0 bridgehead atoms. The summed E-state index contributed by atoms with van der Waals surface area (Å²) in [6.07, 6.45) is 3.51. The van der Waals surface area contributed by atoms with Gasteiger partial charge in [-0.2, -0.15) is 9.03 Å². The second-order valence-corrected chi connectivity index (χ2v) is 8.78. The fraction of sp³-hybridized carbons (Fsp3) is 0.143. The minimum atomic E-state index is 0.511. The summed E-state index contributed by atoms with van der Waals surface area (Å²) < 4.78 is 14.0. The van der Waals surface area contributed by atoms with Crippen molar-refractivity contribution in [2.45, 2.75) is 13.8 Å². The highest BCUT2D eigenvalue weighted by atomic mass is 16.5. The number of fused-ring (bicyclic) bond motifs is 2. The van der Waals surface area contributed by atoms with E-state index in [1.165, 1.54) is 0 Å². The Balaban J connectivity index is 1.36. The summed E-state index contributed by atoms with van der Waals surface area (Å²) in [5.74, 6) is 2.61. The highest BCUT2D eigenvalue weighted by Gasteiger charge is 2.14. The van der Waals surface area contributed by atoms with Gasteiger partial charge in [-0.05, 0) is 60.4 Å². The van der Waals surface area contributed by atoms with Crippen LogP contribution in [0.15, 0.2) is 73.1 Å². The van der Waals surface area contributed by atoms with Gasteiger partial charge < -0.3 is 20.1 Å². The lowest BCUT2D eigenvalue weighted by Crippen LogP contribution is -2.04. The van der Waals surface area contributed by atoms with Crippen molar-refractivity contribution in [3.63, 3.8) is 0 Å². The van der Waals surface area contributed by atoms with Crippen molar-refractivity contribution in [2.24, 2.45) is 0 Å². The Kier molecular flexibility index (Phi) is 5.76. The molecule has 2 N–H and O–H groups in total. The molecule has 0 aliphatic rings. The van der Waals surface area contributed by atoms with E-state index in [4.69, 9.17) is 9.47 Å². The predicted molar refractivity (Wildman–Crippen MR) is 147 cm³/mol. The minimum Gasteiger partial charge on any atom is -0.480 e. The largest absolute Gasteiger partial charge is 0.480 e. The standard InChI is InChI=1S/C28H26N8O2/c1-17-19(7-5-9-21(17)31-23-11-13-29-25-15-27(37-3)33-35(23)25)20-8-6-10-22(18(20)2)32-24-12-14-30-26-16-28(38-4)34-36(24)26/h5-16,31-32H,1-4H3. The fourth-order valence-corrected chi connectivity index (χ4v) is 4.54. The molecule has 0 aliphatic carbocycles. The molecule has 10 heteroatoms. The zero-order chi connectivity index (χ0) is 26.2. The second-order valence-electron chi connectivity index (χ2n) is 8.78. The third-order valence-corrected chi connectivity index (χ3v) is 6.57. The van der Waals surface area contributed by atoms with Crippen LogP contribution in [0.2, 0.25) is 0 Å². The van der Waals surface area contributed by atoms with E-state index in [9.17, 15) is 0 Å². The molecule has 0 saturated carbocycles. The minimum absolute atomic E-state index is 0.511. The summed E-state index contributed by atoms with van der Waals surface area (Å²) in [5.41, 5.74) is 7.83. The molecule has 0 radical (unpaired) electrons. The van der Waals surface area contributed by atoms with Crippen LogP contribution in [0.1, 0.15) is 11.1 Å². The number of nitrogens with zero attached hydrogens (tertiary/aromatic N) is 6. The van der Waals surface area contributed by atoms with Crippen LogP contribution in [0, 0.1) is 13.8 Å². The zero-order valence-electron chi connectivity index (χ0n) is 21.4. The zero-order valence-corrected chi connectivity index (χ0v) is 21.4. The molecule has 0 aliphatic heterocycles. The number of benzene rings is 2. The number of methoxy groups -OCH3 is 2. The summed E-state index contributed by atoms with van der Waals surface area (Å²) in [6.45, 7) is 4.23. The number of hydrogen-bond acceptors (Lipinski definition) is 8. The summed E-state index contributed by atoms with van der Waals surface area (Å²) in [5, 5.41) is 16.0. The molecular weight excluding hydrogens is 480 g/mol. The Morgan fingerprint density at radius 1 is 0.632 bits per heavy atom. The SMILES string of the molecule is COc1cc2nccc(Nc3cccc(-c4cccc(Nc5ccnc6cc(OC)nn56)c4C)c3C)n2n1. The number of rotatable bonds is 7. The van der Waals surface area contributed by atoms with E-state index >= 15 is 0 Å². The Bertz CT molecular complexity index is 1660. The van der Waals surface area contributed by atoms with Crippen LogP contribution in [0.25, 0.3) is 22.4 Å². The van der Waals surface area contributed by atoms with E-state index in [-0.39, 0.29) is 0 Å². The summed E-state index contributed by atoms with van der Waals surface area (Å²) in [7, 11) is 3.19. The molecule has 4 aromatic heterocycles. The topological polar surface area (TPSA) is 103 Å². The average Bonchev–Trinajstić information content (AvgIpc) is 3.56. The van der Waals surface area contributed by atoms with E-state index in [0.29, 0.717) is 23.1 Å². The smallest absolute Gasteiger partial charge is 0.235 e. The van der Waals surface area contributed by atoms with Gasteiger partial charge in [0.15, 0.2) is 11.3 Å². The van der Waals surface area contributed by atoms with Crippen molar-refractivity contribution >= 4 is 34.3 Å². The number of anilines is 4. The molecule has 6 rings (SSSR count). The van der Waals surface area contributed by atoms with Gasteiger partial charge in [-0.1, -0.05) is 24.3 Å². The molecule has 0 saturated heterocycles. The maximum Gasteiger partial charge on any atom is 0.235 e. The van der Waals surface area contributed by atoms with Crippen LogP contribution in [0.3, 0.4) is 0 Å². The number of nitrogens with one attached hydrogen (secondary N) is 2. The quantitative estimate of drug-likeness (QED) is 0.290. The van der Waals surface area contributed by atoms with Crippen molar-refractivity contribution in [1.82, 2.24) is 29.2 Å². The molecule has 0 atom stereocenters. The van der Waals surface area contributed by atoms with Crippen molar-refractivity contribution < 1.29 is 9.47 Å². The van der Waals surface area contributed by atoms with Crippen LogP contribution >= 0.6 is 0 Å². The van der Waals surface area contributed by atoms with Gasteiger partial charge in [0.25, 0.3) is 0 Å². The van der Waals surface area contributed by atoms with E-state index in [2.05, 4.69) is 81.0 Å². The lowest BCUT2D eigenvalue weighted by Gasteiger charge is -2.18. The Hall–Kier alpha value is -5.12. The third kappa shape index (κ3) is 4.01. The van der Waals surface area contributed by atoms with Crippen molar-refractivity contribution in [3.05, 3.63) is 84.2 Å². The molecule has 0 fully saturated rings. The fourth-order valence-electron chi connectivity index (χ4n) is 4.54. The average molecular weight is 507 g/mol. The second kappa shape index (κ2) is 9.40. The van der Waals surface area contributed by atoms with E-state index < -0.39 is 0 Å². The first kappa shape index (κ1) is 23.3. The Labute approximate surface area is 218 Å². The van der Waals surface area contributed by atoms with Crippen molar-refractivity contribution in [3.8, 4) is 22.9 Å². The van der Waals surface area contributed by atoms with E-state index in [1.54, 1.807) is 47.8 Å². The first-order valence-electron chi connectivity index (χ1n) is 12.1. The van der Waals surface area contributed by atoms with E-state index in [0.717, 1.165) is 45.3 Å². The predicted octanol–water partition coefficient (Wildman–Crippen LogP) is 5.56. The molecule has 4 heterocycles. The first-order valence-corrected chi connectivity index (χ1v) is 12.1. The van der Waals surface area contributed by atoms with Gasteiger partial charge in [0.1, 0.15) is 11.6 Å². The van der Waals surface area contributed by atoms with Gasteiger partial charge in [-0.15, -0.1) is 10.2 Å². The molecule has 2 aromatic carbocycles. The molecule has 0 amide bonds. The van der Waals surface area contributed by atoms with Gasteiger partial charge in [0, 0.05) is 35.9 Å². The van der Waals surface area contributed by atoms with Gasteiger partial charge in [0.2, 0.25) is 11.8 Å². The molecule has 10 nitrogen and oxygen atoms in total. The lowest BCUT2D eigenvalue weighted by atomic mass is 9.94. The molecule has 0 unspecified atom stereocenters. The maximum atomic E-state index is 5.28. The van der Waals surface area contributed by atoms with Gasteiger partial charge in [-0.3, -0.25) is 0 Å². The summed E-state index contributed by atoms with van der Waals surface area (Å²) in [6, 6.07) is 19.9. The monoisotopic (exact) mass is 506 g/mol. The van der Waals surface area contributed by atoms with Gasteiger partial charge >= 0.3 is 0 Å². The molecule has 0 spiro atoms. The summed E-state index contributed by atoms with van der Waals surface area (Å²) in [4.78, 5) is 8.75. The Morgan fingerprint density at radius 2 is 1.08 bits per heavy atom. The van der Waals surface area contributed by atoms with Crippen LogP contribution in [0.5, 0.6) is 11.8 Å². The number of hydrogen-bond donors (Lipinski definition) is 2. The molecular formula is C28H26N8O2. The van der Waals surface area contributed by atoms with Crippen molar-refractivity contribution in [2.75, 3.05) is 24.9 Å². The number of aromatic nitrogens is 6. The summed E-state index contributed by atoms with van der Waals surface area (Å²) >= 11 is 0. The van der Waals surface area contributed by atoms with Gasteiger partial charge in [-0.25, -0.2) is 9.97 Å². The molecule has 6 aromatic rings. The normalized spacial score (nSPS) is 11.2. The third-order valence-electron chi connectivity index (χ3n) is 6.57. The highest BCUT2D eigenvalue weighted by Crippen LogP contribution is 2.35. The van der Waals surface area contributed by atoms with Crippen LogP contribution in [-0.2, 0) is 0 Å².